The molecule has 0 bridgehead atoms. The topological polar surface area (TPSA) is 56.7 Å². The number of nitrogens with zero attached hydrogens (tertiary/aromatic N) is 4. The lowest BCUT2D eigenvalue weighted by Crippen LogP contribution is -2.07. The first-order valence-corrected chi connectivity index (χ1v) is 18.8. The van der Waals surface area contributed by atoms with Gasteiger partial charge in [-0.2, -0.15) is 9.97 Å². The Bertz CT molecular complexity index is 3150. The van der Waals surface area contributed by atoms with E-state index in [9.17, 15) is 0 Å². The predicted octanol–water partition coefficient (Wildman–Crippen LogP) is 13.2. The fourth-order valence-corrected chi connectivity index (χ4v) is 8.10. The largest absolute Gasteiger partial charge is 0.456 e. The van der Waals surface area contributed by atoms with Crippen molar-refractivity contribution in [3.63, 3.8) is 0 Å². The number of hydrogen-bond acceptors (Lipinski definition) is 4. The molecule has 0 radical (unpaired) electrons. The summed E-state index contributed by atoms with van der Waals surface area (Å²) in [5.41, 5.74) is 12.2. The van der Waals surface area contributed by atoms with Gasteiger partial charge in [-0.15, -0.1) is 0 Å². The zero-order chi connectivity index (χ0) is 37.0. The van der Waals surface area contributed by atoms with Crippen molar-refractivity contribution in [1.29, 1.82) is 0 Å². The molecule has 56 heavy (non-hydrogen) atoms. The molecule has 8 aromatic carbocycles. The van der Waals surface area contributed by atoms with Crippen LogP contribution in [0.5, 0.6) is 0 Å². The molecule has 0 saturated heterocycles. The Morgan fingerprint density at radius 1 is 0.357 bits per heavy atom. The molecule has 0 N–H and O–H groups in total. The first kappa shape index (κ1) is 31.9. The highest BCUT2D eigenvalue weighted by molar-refractivity contribution is 6.19. The fraction of sp³-hybridized carbons (Fsp3) is 0. The van der Waals surface area contributed by atoms with Crippen molar-refractivity contribution in [2.45, 2.75) is 0 Å². The first-order chi connectivity index (χ1) is 27.8. The monoisotopic (exact) mass is 716 g/mol. The summed E-state index contributed by atoms with van der Waals surface area (Å²) in [6.45, 7) is 0. The molecule has 3 aromatic heterocycles. The van der Waals surface area contributed by atoms with Gasteiger partial charge in [-0.1, -0.05) is 164 Å². The van der Waals surface area contributed by atoms with Gasteiger partial charge in [-0.05, 0) is 58.1 Å². The zero-order valence-corrected chi connectivity index (χ0v) is 30.2. The van der Waals surface area contributed by atoms with Gasteiger partial charge in [-0.3, -0.25) is 4.57 Å². The van der Waals surface area contributed by atoms with Crippen LogP contribution in [0.4, 0.5) is 0 Å². The highest BCUT2D eigenvalue weighted by Crippen LogP contribution is 2.43. The number of aromatic nitrogens is 4. The maximum Gasteiger partial charge on any atom is 0.238 e. The van der Waals surface area contributed by atoms with Crippen molar-refractivity contribution in [2.24, 2.45) is 0 Å². The van der Waals surface area contributed by atoms with Crippen molar-refractivity contribution in [2.75, 3.05) is 0 Å². The Morgan fingerprint density at radius 2 is 0.857 bits per heavy atom. The van der Waals surface area contributed by atoms with Crippen LogP contribution >= 0.6 is 0 Å². The van der Waals surface area contributed by atoms with Gasteiger partial charge in [0.05, 0.1) is 11.0 Å². The Hall–Kier alpha value is -7.63. The number of fused-ring (bicyclic) bond motifs is 6. The normalized spacial score (nSPS) is 11.6. The van der Waals surface area contributed by atoms with E-state index in [0.717, 1.165) is 88.3 Å². The lowest BCUT2D eigenvalue weighted by Gasteiger charge is -2.14. The summed E-state index contributed by atoms with van der Waals surface area (Å²) in [7, 11) is 0. The van der Waals surface area contributed by atoms with Crippen LogP contribution in [0.25, 0.3) is 106 Å². The van der Waals surface area contributed by atoms with Crippen molar-refractivity contribution in [3.05, 3.63) is 194 Å². The summed E-state index contributed by atoms with van der Waals surface area (Å²) < 4.78 is 8.59. The van der Waals surface area contributed by atoms with Gasteiger partial charge < -0.3 is 4.42 Å². The molecule has 5 nitrogen and oxygen atoms in total. The van der Waals surface area contributed by atoms with Crippen LogP contribution in [0, 0.1) is 0 Å². The number of benzene rings is 8. The van der Waals surface area contributed by atoms with E-state index >= 15 is 0 Å². The van der Waals surface area contributed by atoms with Crippen LogP contribution in [0.2, 0.25) is 0 Å². The Labute approximate surface area is 322 Å². The molecule has 0 aliphatic heterocycles. The second-order valence-corrected chi connectivity index (χ2v) is 14.0. The molecule has 0 saturated carbocycles. The second kappa shape index (κ2) is 13.0. The number of furan rings is 1. The van der Waals surface area contributed by atoms with E-state index < -0.39 is 0 Å². The number of hydrogen-bond donors (Lipinski definition) is 0. The highest BCUT2D eigenvalue weighted by atomic mass is 16.3. The third-order valence-corrected chi connectivity index (χ3v) is 10.7. The van der Waals surface area contributed by atoms with Gasteiger partial charge in [0.25, 0.3) is 0 Å². The second-order valence-electron chi connectivity index (χ2n) is 14.0. The van der Waals surface area contributed by atoms with E-state index in [2.05, 4.69) is 168 Å². The average Bonchev–Trinajstić information content (AvgIpc) is 3.83. The summed E-state index contributed by atoms with van der Waals surface area (Å²) in [5.74, 6) is 1.74. The third kappa shape index (κ3) is 5.29. The van der Waals surface area contributed by atoms with Crippen molar-refractivity contribution in [1.82, 2.24) is 19.5 Å². The molecule has 0 spiro atoms. The summed E-state index contributed by atoms with van der Waals surface area (Å²) in [6, 6.07) is 67.4. The molecule has 11 rings (SSSR count). The van der Waals surface area contributed by atoms with Gasteiger partial charge >= 0.3 is 0 Å². The molecule has 0 aliphatic rings. The SMILES string of the molecule is c1ccc(-c2cccc(-c3nc(-c4cccc(-c5ccccc5)c4)nc(-n4c5ccccc5c5cccc(-c6cccc7oc8ccccc8c67)c54)n3)c2)cc1. The zero-order valence-electron chi connectivity index (χ0n) is 30.2. The molecular weight excluding hydrogens is 685 g/mol. The molecule has 262 valence electrons. The van der Waals surface area contributed by atoms with E-state index in [1.54, 1.807) is 0 Å². The molecule has 0 unspecified atom stereocenters. The standard InChI is InChI=1S/C51H32N4O/c1-3-15-33(16-4-1)35-19-11-21-37(31-35)49-52-50(38-22-12-20-36(32-38)34-17-5-2-6-18-34)54-51(53-49)55-44-28-9-7-23-39(44)41-26-13-27-42(48(41)55)40-25-14-30-46-47(40)43-24-8-10-29-45(43)56-46/h1-32H. The molecule has 3 heterocycles. The predicted molar refractivity (Wildman–Crippen MR) is 229 cm³/mol. The maximum absolute atomic E-state index is 6.37. The van der Waals surface area contributed by atoms with Gasteiger partial charge in [-0.25, -0.2) is 4.98 Å². The van der Waals surface area contributed by atoms with E-state index in [4.69, 9.17) is 19.4 Å². The minimum atomic E-state index is 0.545. The van der Waals surface area contributed by atoms with Crippen LogP contribution < -0.4 is 0 Å². The molecular formula is C51H32N4O. The summed E-state index contributed by atoms with van der Waals surface area (Å²) in [5, 5.41) is 4.40. The minimum Gasteiger partial charge on any atom is -0.456 e. The van der Waals surface area contributed by atoms with Gasteiger partial charge in [0, 0.05) is 38.2 Å². The van der Waals surface area contributed by atoms with Crippen LogP contribution in [-0.4, -0.2) is 19.5 Å². The van der Waals surface area contributed by atoms with Crippen LogP contribution in [0.3, 0.4) is 0 Å². The number of para-hydroxylation sites is 3. The van der Waals surface area contributed by atoms with E-state index in [1.165, 1.54) is 0 Å². The van der Waals surface area contributed by atoms with Crippen molar-refractivity contribution >= 4 is 43.7 Å². The summed E-state index contributed by atoms with van der Waals surface area (Å²) >= 11 is 0. The Morgan fingerprint density at radius 3 is 1.55 bits per heavy atom. The Balaban J connectivity index is 1.20. The molecule has 11 aromatic rings. The van der Waals surface area contributed by atoms with Gasteiger partial charge in [0.1, 0.15) is 11.2 Å². The fourth-order valence-electron chi connectivity index (χ4n) is 8.10. The van der Waals surface area contributed by atoms with Crippen molar-refractivity contribution < 1.29 is 4.42 Å². The molecule has 0 aliphatic carbocycles. The number of rotatable bonds is 6. The van der Waals surface area contributed by atoms with E-state index in [-0.39, 0.29) is 0 Å². The average molecular weight is 717 g/mol. The maximum atomic E-state index is 6.37. The lowest BCUT2D eigenvalue weighted by molar-refractivity contribution is 0.669. The minimum absolute atomic E-state index is 0.545. The highest BCUT2D eigenvalue weighted by Gasteiger charge is 2.22. The van der Waals surface area contributed by atoms with Crippen LogP contribution in [0.1, 0.15) is 0 Å². The smallest absolute Gasteiger partial charge is 0.238 e. The molecule has 0 fully saturated rings. The summed E-state index contributed by atoms with van der Waals surface area (Å²) in [6.07, 6.45) is 0. The summed E-state index contributed by atoms with van der Waals surface area (Å²) in [4.78, 5) is 15.9. The van der Waals surface area contributed by atoms with E-state index in [1.807, 2.05) is 30.3 Å². The van der Waals surface area contributed by atoms with Crippen molar-refractivity contribution in [3.8, 4) is 62.1 Å². The molecule has 0 amide bonds. The first-order valence-electron chi connectivity index (χ1n) is 18.8. The molecule has 5 heteroatoms. The van der Waals surface area contributed by atoms with Gasteiger partial charge in [0.15, 0.2) is 11.6 Å². The Kier molecular flexibility index (Phi) is 7.42. The third-order valence-electron chi connectivity index (χ3n) is 10.7. The van der Waals surface area contributed by atoms with Crippen LogP contribution in [0.15, 0.2) is 199 Å². The van der Waals surface area contributed by atoms with E-state index in [0.29, 0.717) is 17.6 Å². The van der Waals surface area contributed by atoms with Crippen LogP contribution in [-0.2, 0) is 0 Å². The quantitative estimate of drug-likeness (QED) is 0.172. The molecule has 0 atom stereocenters. The lowest BCUT2D eigenvalue weighted by atomic mass is 9.97. The van der Waals surface area contributed by atoms with Gasteiger partial charge in [0.2, 0.25) is 5.95 Å².